The molecule has 2 amide bonds. The highest BCUT2D eigenvalue weighted by molar-refractivity contribution is 6.05. The molecule has 0 aromatic heterocycles. The smallest absolute Gasteiger partial charge is 0.230 e. The number of allylic oxidation sites excluding steroid dienone is 1. The van der Waals surface area contributed by atoms with Crippen molar-refractivity contribution in [3.8, 4) is 0 Å². The number of hydrogen-bond donors (Lipinski definition) is 1. The summed E-state index contributed by atoms with van der Waals surface area (Å²) >= 11 is 0. The van der Waals surface area contributed by atoms with E-state index in [1.54, 1.807) is 0 Å². The number of imide groups is 1. The SMILES string of the molecule is C=C1C[C@@H]2C(=O)NC(=O)[C@@H]2C1. The van der Waals surface area contributed by atoms with Gasteiger partial charge in [0.2, 0.25) is 11.8 Å². The average molecular weight is 151 g/mol. The average Bonchev–Trinajstić information content (AvgIpc) is 2.38. The summed E-state index contributed by atoms with van der Waals surface area (Å²) in [5, 5.41) is 2.32. The lowest BCUT2D eigenvalue weighted by Crippen LogP contribution is -2.23. The molecule has 2 aliphatic rings. The number of carbonyl (C=O) groups excluding carboxylic acids is 2. The van der Waals surface area contributed by atoms with Crippen LogP contribution in [0.25, 0.3) is 0 Å². The molecule has 2 rings (SSSR count). The van der Waals surface area contributed by atoms with Crippen LogP contribution in [0, 0.1) is 11.8 Å². The summed E-state index contributed by atoms with van der Waals surface area (Å²) in [4.78, 5) is 22.1. The summed E-state index contributed by atoms with van der Waals surface area (Å²) in [5.74, 6) is -0.428. The molecular formula is C8H9NO2. The van der Waals surface area contributed by atoms with E-state index in [2.05, 4.69) is 11.9 Å². The van der Waals surface area contributed by atoms with Gasteiger partial charge in [-0.25, -0.2) is 0 Å². The van der Waals surface area contributed by atoms with Gasteiger partial charge in [-0.05, 0) is 12.8 Å². The molecule has 1 heterocycles. The molecule has 11 heavy (non-hydrogen) atoms. The Morgan fingerprint density at radius 1 is 1.18 bits per heavy atom. The van der Waals surface area contributed by atoms with Crippen LogP contribution in [0.3, 0.4) is 0 Å². The molecule has 58 valence electrons. The minimum Gasteiger partial charge on any atom is -0.296 e. The number of amides is 2. The minimum absolute atomic E-state index is 0.102. The summed E-state index contributed by atoms with van der Waals surface area (Å²) in [6.07, 6.45) is 1.39. The van der Waals surface area contributed by atoms with Crippen LogP contribution in [0.15, 0.2) is 12.2 Å². The molecule has 1 aliphatic heterocycles. The fourth-order valence-electron chi connectivity index (χ4n) is 1.85. The van der Waals surface area contributed by atoms with Crippen molar-refractivity contribution in [1.82, 2.24) is 5.32 Å². The van der Waals surface area contributed by atoms with Crippen molar-refractivity contribution in [3.05, 3.63) is 12.2 Å². The highest BCUT2D eigenvalue weighted by Gasteiger charge is 2.45. The number of fused-ring (bicyclic) bond motifs is 1. The molecule has 0 aromatic carbocycles. The van der Waals surface area contributed by atoms with E-state index >= 15 is 0 Å². The van der Waals surface area contributed by atoms with Gasteiger partial charge < -0.3 is 0 Å². The summed E-state index contributed by atoms with van der Waals surface area (Å²) in [7, 11) is 0. The maximum absolute atomic E-state index is 11.0. The third-order valence-electron chi connectivity index (χ3n) is 2.42. The first-order valence-corrected chi connectivity index (χ1v) is 3.70. The lowest BCUT2D eigenvalue weighted by molar-refractivity contribution is -0.126. The topological polar surface area (TPSA) is 46.2 Å². The fourth-order valence-corrected chi connectivity index (χ4v) is 1.85. The predicted octanol–water partition coefficient (Wildman–Crippen LogP) is 0.225. The Balaban J connectivity index is 2.29. The van der Waals surface area contributed by atoms with Gasteiger partial charge in [-0.2, -0.15) is 0 Å². The van der Waals surface area contributed by atoms with Gasteiger partial charge in [-0.15, -0.1) is 0 Å². The zero-order chi connectivity index (χ0) is 8.01. The first kappa shape index (κ1) is 6.58. The van der Waals surface area contributed by atoms with E-state index in [9.17, 15) is 9.59 Å². The highest BCUT2D eigenvalue weighted by Crippen LogP contribution is 2.38. The fraction of sp³-hybridized carbons (Fsp3) is 0.500. The molecule has 2 fully saturated rings. The summed E-state index contributed by atoms with van der Waals surface area (Å²) in [5.41, 5.74) is 1.03. The second-order valence-electron chi connectivity index (χ2n) is 3.22. The van der Waals surface area contributed by atoms with E-state index in [4.69, 9.17) is 0 Å². The van der Waals surface area contributed by atoms with Gasteiger partial charge in [0.05, 0.1) is 11.8 Å². The van der Waals surface area contributed by atoms with E-state index in [1.165, 1.54) is 0 Å². The number of rotatable bonds is 0. The van der Waals surface area contributed by atoms with Crippen LogP contribution in [0.4, 0.5) is 0 Å². The van der Waals surface area contributed by atoms with Gasteiger partial charge >= 0.3 is 0 Å². The third kappa shape index (κ3) is 0.803. The monoisotopic (exact) mass is 151 g/mol. The molecule has 3 heteroatoms. The Morgan fingerprint density at radius 2 is 1.64 bits per heavy atom. The maximum atomic E-state index is 11.0. The quantitative estimate of drug-likeness (QED) is 0.398. The van der Waals surface area contributed by atoms with Crippen LogP contribution in [0.1, 0.15) is 12.8 Å². The zero-order valence-electron chi connectivity index (χ0n) is 6.09. The highest BCUT2D eigenvalue weighted by atomic mass is 16.2. The third-order valence-corrected chi connectivity index (χ3v) is 2.42. The van der Waals surface area contributed by atoms with Gasteiger partial charge in [0.15, 0.2) is 0 Å². The van der Waals surface area contributed by atoms with Crippen molar-refractivity contribution in [1.29, 1.82) is 0 Å². The molecule has 1 saturated heterocycles. The molecule has 0 bridgehead atoms. The Kier molecular flexibility index (Phi) is 1.16. The number of carbonyl (C=O) groups is 2. The lowest BCUT2D eigenvalue weighted by Gasteiger charge is -1.98. The van der Waals surface area contributed by atoms with Crippen molar-refractivity contribution in [3.63, 3.8) is 0 Å². The van der Waals surface area contributed by atoms with E-state index < -0.39 is 0 Å². The van der Waals surface area contributed by atoms with E-state index in [-0.39, 0.29) is 23.7 Å². The molecule has 0 radical (unpaired) electrons. The van der Waals surface area contributed by atoms with Gasteiger partial charge in [0.1, 0.15) is 0 Å². The Bertz CT molecular complexity index is 233. The molecule has 1 N–H and O–H groups in total. The molecule has 2 atom stereocenters. The van der Waals surface area contributed by atoms with Crippen molar-refractivity contribution in [2.45, 2.75) is 12.8 Å². The van der Waals surface area contributed by atoms with Crippen LogP contribution in [0.5, 0.6) is 0 Å². The Morgan fingerprint density at radius 3 is 2.09 bits per heavy atom. The largest absolute Gasteiger partial charge is 0.296 e. The molecule has 0 unspecified atom stereocenters. The minimum atomic E-state index is -0.112. The summed E-state index contributed by atoms with van der Waals surface area (Å²) in [6, 6.07) is 0. The van der Waals surface area contributed by atoms with Gasteiger partial charge in [0, 0.05) is 0 Å². The van der Waals surface area contributed by atoms with Crippen LogP contribution >= 0.6 is 0 Å². The molecule has 3 nitrogen and oxygen atoms in total. The molecular weight excluding hydrogens is 142 g/mol. The van der Waals surface area contributed by atoms with Crippen molar-refractivity contribution < 1.29 is 9.59 Å². The second kappa shape index (κ2) is 1.94. The van der Waals surface area contributed by atoms with Gasteiger partial charge in [0.25, 0.3) is 0 Å². The molecule has 0 spiro atoms. The molecule has 1 saturated carbocycles. The van der Waals surface area contributed by atoms with Crippen LogP contribution in [0.2, 0.25) is 0 Å². The number of hydrogen-bond acceptors (Lipinski definition) is 2. The van der Waals surface area contributed by atoms with Gasteiger partial charge in [-0.3, -0.25) is 14.9 Å². The van der Waals surface area contributed by atoms with Gasteiger partial charge in [-0.1, -0.05) is 12.2 Å². The first-order chi connectivity index (χ1) is 5.18. The van der Waals surface area contributed by atoms with Crippen molar-refractivity contribution in [2.75, 3.05) is 0 Å². The molecule has 1 aliphatic carbocycles. The number of nitrogens with one attached hydrogen (secondary N) is 1. The maximum Gasteiger partial charge on any atom is 0.230 e. The Labute approximate surface area is 64.5 Å². The summed E-state index contributed by atoms with van der Waals surface area (Å²) < 4.78 is 0. The van der Waals surface area contributed by atoms with Crippen molar-refractivity contribution >= 4 is 11.8 Å². The standard InChI is InChI=1S/C8H9NO2/c1-4-2-5-6(3-4)8(11)9-7(5)10/h5-6H,1-3H2,(H,9,10,11)/t5-,6+. The normalized spacial score (nSPS) is 35.8. The first-order valence-electron chi connectivity index (χ1n) is 3.70. The van der Waals surface area contributed by atoms with Crippen molar-refractivity contribution in [2.24, 2.45) is 11.8 Å². The molecule has 0 aromatic rings. The van der Waals surface area contributed by atoms with E-state index in [0.717, 1.165) is 5.57 Å². The van der Waals surface area contributed by atoms with E-state index in [1.807, 2.05) is 0 Å². The Hall–Kier alpha value is -1.12. The van der Waals surface area contributed by atoms with Crippen LogP contribution in [-0.4, -0.2) is 11.8 Å². The predicted molar refractivity (Wildman–Crippen MR) is 38.5 cm³/mol. The van der Waals surface area contributed by atoms with E-state index in [0.29, 0.717) is 12.8 Å². The lowest BCUT2D eigenvalue weighted by atomic mass is 10.00. The zero-order valence-corrected chi connectivity index (χ0v) is 6.09. The van der Waals surface area contributed by atoms with Crippen LogP contribution in [-0.2, 0) is 9.59 Å². The summed E-state index contributed by atoms with van der Waals surface area (Å²) in [6.45, 7) is 3.77. The van der Waals surface area contributed by atoms with Crippen LogP contribution < -0.4 is 5.32 Å². The second-order valence-corrected chi connectivity index (χ2v) is 3.22.